The van der Waals surface area contributed by atoms with Crippen LogP contribution in [0.5, 0.6) is 0 Å². The van der Waals surface area contributed by atoms with Gasteiger partial charge in [0, 0.05) is 11.6 Å². The summed E-state index contributed by atoms with van der Waals surface area (Å²) in [4.78, 5) is 3.32. The number of nitrogens with two attached hydrogens (primary N) is 1. The molecule has 0 saturated heterocycles. The van der Waals surface area contributed by atoms with Crippen molar-refractivity contribution in [2.75, 3.05) is 0 Å². The molecule has 0 saturated carbocycles. The Morgan fingerprint density at radius 3 is 2.00 bits per heavy atom. The first-order valence-electron chi connectivity index (χ1n) is 3.17. The minimum absolute atomic E-state index is 0. The molecule has 0 aliphatic carbocycles. The zero-order valence-electron chi connectivity index (χ0n) is 6.42. The molecule has 0 aliphatic rings. The van der Waals surface area contributed by atoms with Gasteiger partial charge in [0.05, 0.1) is 12.4 Å². The molecule has 2 nitrogen and oxygen atoms in total. The van der Waals surface area contributed by atoms with Crippen molar-refractivity contribution >= 4 is 12.4 Å². The van der Waals surface area contributed by atoms with Crippen molar-refractivity contribution < 1.29 is 8.78 Å². The molecule has 1 heterocycles. The molecule has 12 heavy (non-hydrogen) atoms. The maximum absolute atomic E-state index is 12.7. The van der Waals surface area contributed by atoms with Gasteiger partial charge in [0.1, 0.15) is 11.6 Å². The summed E-state index contributed by atoms with van der Waals surface area (Å²) in [5.74, 6) is -1.39. The van der Waals surface area contributed by atoms with Crippen molar-refractivity contribution in [1.82, 2.24) is 4.98 Å². The summed E-state index contributed by atoms with van der Waals surface area (Å²) >= 11 is 0. The minimum atomic E-state index is -0.694. The molecular formula is C7H9ClF2N2. The Bertz CT molecular complexity index is 245. The Morgan fingerprint density at radius 1 is 1.33 bits per heavy atom. The Balaban J connectivity index is 0.00000121. The molecule has 0 amide bonds. The highest BCUT2D eigenvalue weighted by Crippen LogP contribution is 2.16. The van der Waals surface area contributed by atoms with Crippen molar-refractivity contribution in [2.24, 2.45) is 5.73 Å². The van der Waals surface area contributed by atoms with Crippen LogP contribution in [0, 0.1) is 11.6 Å². The summed E-state index contributed by atoms with van der Waals surface area (Å²) in [6.07, 6.45) is 1.89. The van der Waals surface area contributed by atoms with E-state index in [9.17, 15) is 8.78 Å². The molecule has 0 aliphatic heterocycles. The lowest BCUT2D eigenvalue weighted by Crippen LogP contribution is -2.10. The molecule has 1 aromatic rings. The highest BCUT2D eigenvalue weighted by atomic mass is 35.5. The van der Waals surface area contributed by atoms with Gasteiger partial charge in [0.15, 0.2) is 0 Å². The average molecular weight is 195 g/mol. The molecule has 68 valence electrons. The Labute approximate surface area is 75.2 Å². The number of hydrogen-bond donors (Lipinski definition) is 1. The van der Waals surface area contributed by atoms with Gasteiger partial charge < -0.3 is 5.73 Å². The molecule has 1 aromatic heterocycles. The van der Waals surface area contributed by atoms with E-state index in [1.54, 1.807) is 0 Å². The lowest BCUT2D eigenvalue weighted by Gasteiger charge is -2.06. The van der Waals surface area contributed by atoms with Crippen LogP contribution in [0.1, 0.15) is 18.5 Å². The van der Waals surface area contributed by atoms with Crippen molar-refractivity contribution in [3.8, 4) is 0 Å². The van der Waals surface area contributed by atoms with Gasteiger partial charge in [-0.05, 0) is 6.92 Å². The predicted molar refractivity (Wildman–Crippen MR) is 44.0 cm³/mol. The van der Waals surface area contributed by atoms with Gasteiger partial charge in [-0.15, -0.1) is 12.4 Å². The topological polar surface area (TPSA) is 38.9 Å². The van der Waals surface area contributed by atoms with E-state index in [4.69, 9.17) is 5.73 Å². The number of halogens is 3. The molecule has 0 unspecified atom stereocenters. The lowest BCUT2D eigenvalue weighted by atomic mass is 10.1. The molecule has 2 N–H and O–H groups in total. The summed E-state index contributed by atoms with van der Waals surface area (Å²) in [6, 6.07) is -0.641. The summed E-state index contributed by atoms with van der Waals surface area (Å²) in [5.41, 5.74) is 5.20. The number of nitrogens with zero attached hydrogens (tertiary/aromatic N) is 1. The molecule has 0 radical (unpaired) electrons. The number of pyridine rings is 1. The first kappa shape index (κ1) is 11.3. The summed E-state index contributed by atoms with van der Waals surface area (Å²) in [7, 11) is 0. The third-order valence-corrected chi connectivity index (χ3v) is 1.35. The normalized spacial score (nSPS) is 12.0. The largest absolute Gasteiger partial charge is 0.324 e. The van der Waals surface area contributed by atoms with Gasteiger partial charge in [-0.25, -0.2) is 8.78 Å². The molecular weight excluding hydrogens is 186 g/mol. The number of hydrogen-bond acceptors (Lipinski definition) is 2. The van der Waals surface area contributed by atoms with E-state index in [1.165, 1.54) is 6.92 Å². The Hall–Kier alpha value is -0.740. The number of rotatable bonds is 1. The standard InChI is InChI=1S/C7H8F2N2.ClH/c1-4(10)7-5(8)2-11-3-6(7)9;/h2-4H,10H2,1H3;1H/t4-;/m0./s1. The maximum Gasteiger partial charge on any atom is 0.149 e. The highest BCUT2D eigenvalue weighted by molar-refractivity contribution is 5.85. The summed E-state index contributed by atoms with van der Waals surface area (Å²) < 4.78 is 25.4. The summed E-state index contributed by atoms with van der Waals surface area (Å²) in [5, 5.41) is 0. The number of aromatic nitrogens is 1. The van der Waals surface area contributed by atoms with Crippen LogP contribution in [-0.2, 0) is 0 Å². The van der Waals surface area contributed by atoms with E-state index in [-0.39, 0.29) is 18.0 Å². The lowest BCUT2D eigenvalue weighted by molar-refractivity contribution is 0.528. The van der Waals surface area contributed by atoms with E-state index >= 15 is 0 Å². The van der Waals surface area contributed by atoms with Crippen LogP contribution in [-0.4, -0.2) is 4.98 Å². The fraction of sp³-hybridized carbons (Fsp3) is 0.286. The third-order valence-electron chi connectivity index (χ3n) is 1.35. The monoisotopic (exact) mass is 194 g/mol. The molecule has 5 heteroatoms. The van der Waals surface area contributed by atoms with Crippen LogP contribution >= 0.6 is 12.4 Å². The van der Waals surface area contributed by atoms with Crippen molar-refractivity contribution in [3.63, 3.8) is 0 Å². The maximum atomic E-state index is 12.7. The molecule has 1 atom stereocenters. The van der Waals surface area contributed by atoms with Gasteiger partial charge in [-0.1, -0.05) is 0 Å². The van der Waals surface area contributed by atoms with Crippen molar-refractivity contribution in [2.45, 2.75) is 13.0 Å². The second-order valence-electron chi connectivity index (χ2n) is 2.31. The van der Waals surface area contributed by atoms with Crippen molar-refractivity contribution in [3.05, 3.63) is 29.6 Å². The SMILES string of the molecule is C[C@H](N)c1c(F)cncc1F.Cl. The zero-order valence-corrected chi connectivity index (χ0v) is 7.24. The van der Waals surface area contributed by atoms with Gasteiger partial charge >= 0.3 is 0 Å². The summed E-state index contributed by atoms with van der Waals surface area (Å²) in [6.45, 7) is 1.52. The first-order chi connectivity index (χ1) is 5.13. The molecule has 0 fully saturated rings. The zero-order chi connectivity index (χ0) is 8.43. The van der Waals surface area contributed by atoms with Crippen LogP contribution in [0.3, 0.4) is 0 Å². The minimum Gasteiger partial charge on any atom is -0.324 e. The van der Waals surface area contributed by atoms with Crippen LogP contribution in [0.2, 0.25) is 0 Å². The Kier molecular flexibility index (Phi) is 4.06. The second kappa shape index (κ2) is 4.33. The molecule has 0 spiro atoms. The Morgan fingerprint density at radius 2 is 1.75 bits per heavy atom. The fourth-order valence-electron chi connectivity index (χ4n) is 0.856. The first-order valence-corrected chi connectivity index (χ1v) is 3.17. The van der Waals surface area contributed by atoms with Crippen LogP contribution < -0.4 is 5.73 Å². The molecule has 1 rings (SSSR count). The fourth-order valence-corrected chi connectivity index (χ4v) is 0.856. The van der Waals surface area contributed by atoms with Gasteiger partial charge in [-0.3, -0.25) is 4.98 Å². The predicted octanol–water partition coefficient (Wildman–Crippen LogP) is 1.80. The van der Waals surface area contributed by atoms with E-state index in [0.717, 1.165) is 12.4 Å². The van der Waals surface area contributed by atoms with Crippen LogP contribution in [0.25, 0.3) is 0 Å². The van der Waals surface area contributed by atoms with E-state index in [0.29, 0.717) is 0 Å². The van der Waals surface area contributed by atoms with E-state index in [1.807, 2.05) is 0 Å². The molecule has 0 bridgehead atoms. The van der Waals surface area contributed by atoms with Crippen LogP contribution in [0.4, 0.5) is 8.78 Å². The van der Waals surface area contributed by atoms with Crippen molar-refractivity contribution in [1.29, 1.82) is 0 Å². The second-order valence-corrected chi connectivity index (χ2v) is 2.31. The quantitative estimate of drug-likeness (QED) is 0.741. The smallest absolute Gasteiger partial charge is 0.149 e. The third kappa shape index (κ3) is 2.12. The molecule has 0 aromatic carbocycles. The van der Waals surface area contributed by atoms with E-state index < -0.39 is 17.7 Å². The van der Waals surface area contributed by atoms with Crippen LogP contribution in [0.15, 0.2) is 12.4 Å². The highest BCUT2D eigenvalue weighted by Gasteiger charge is 2.12. The van der Waals surface area contributed by atoms with E-state index in [2.05, 4.69) is 4.98 Å². The average Bonchev–Trinajstić information content (AvgIpc) is 1.85. The van der Waals surface area contributed by atoms with Gasteiger partial charge in [-0.2, -0.15) is 0 Å². The van der Waals surface area contributed by atoms with Gasteiger partial charge in [0.25, 0.3) is 0 Å². The van der Waals surface area contributed by atoms with Gasteiger partial charge in [0.2, 0.25) is 0 Å².